The summed E-state index contributed by atoms with van der Waals surface area (Å²) in [5.41, 5.74) is 0.141. The molecule has 0 aromatic heterocycles. The number of hydrogen-bond acceptors (Lipinski definition) is 3. The minimum atomic E-state index is -0.595. The summed E-state index contributed by atoms with van der Waals surface area (Å²) in [5, 5.41) is 20.2. The Bertz CT molecular complexity index is 518. The van der Waals surface area contributed by atoms with E-state index < -0.39 is 5.54 Å². The van der Waals surface area contributed by atoms with Crippen molar-refractivity contribution in [1.29, 1.82) is 5.26 Å². The van der Waals surface area contributed by atoms with Gasteiger partial charge >= 0.3 is 0 Å². The third-order valence-corrected chi connectivity index (χ3v) is 4.53. The number of aromatic hydroxyl groups is 1. The fourth-order valence-electron chi connectivity index (χ4n) is 2.79. The van der Waals surface area contributed by atoms with Crippen LogP contribution in [0.1, 0.15) is 32.3 Å². The number of rotatable bonds is 3. The lowest BCUT2D eigenvalue weighted by atomic mass is 9.88. The van der Waals surface area contributed by atoms with E-state index in [4.69, 9.17) is 11.6 Å². The van der Waals surface area contributed by atoms with Gasteiger partial charge in [0.1, 0.15) is 11.3 Å². The molecule has 1 atom stereocenters. The average Bonchev–Trinajstić information content (AvgIpc) is 2.43. The summed E-state index contributed by atoms with van der Waals surface area (Å²) in [4.78, 5) is 2.23. The molecule has 1 heterocycles. The van der Waals surface area contributed by atoms with E-state index >= 15 is 0 Å². The van der Waals surface area contributed by atoms with Crippen molar-refractivity contribution in [2.24, 2.45) is 5.92 Å². The first-order chi connectivity index (χ1) is 9.44. The fraction of sp³-hybridized carbons (Fsp3) is 0.562. The molecule has 1 unspecified atom stereocenters. The maximum Gasteiger partial charge on any atom is 0.118 e. The maximum absolute atomic E-state index is 9.95. The van der Waals surface area contributed by atoms with Crippen LogP contribution in [0.15, 0.2) is 18.2 Å². The van der Waals surface area contributed by atoms with E-state index in [2.05, 4.69) is 17.9 Å². The SMILES string of the molecule is CC1CCN(C(C)(C#N)Cc2cc(Cl)ccc2O)CC1. The molecule has 1 aliphatic heterocycles. The van der Waals surface area contributed by atoms with Crippen LogP contribution in [0.5, 0.6) is 5.75 Å². The first-order valence-electron chi connectivity index (χ1n) is 7.08. The molecule has 1 aromatic rings. The van der Waals surface area contributed by atoms with Gasteiger partial charge in [-0.05, 0) is 62.5 Å². The number of nitriles is 1. The Morgan fingerprint density at radius 3 is 2.70 bits per heavy atom. The Balaban J connectivity index is 2.19. The van der Waals surface area contributed by atoms with Gasteiger partial charge in [-0.15, -0.1) is 0 Å². The largest absolute Gasteiger partial charge is 0.508 e. The molecule has 1 saturated heterocycles. The Kier molecular flexibility index (Phi) is 4.57. The molecule has 2 rings (SSSR count). The van der Waals surface area contributed by atoms with Crippen LogP contribution in [0.4, 0.5) is 0 Å². The zero-order chi connectivity index (χ0) is 14.8. The topological polar surface area (TPSA) is 47.3 Å². The van der Waals surface area contributed by atoms with Gasteiger partial charge in [0.2, 0.25) is 0 Å². The van der Waals surface area contributed by atoms with Crippen molar-refractivity contribution >= 4 is 11.6 Å². The summed E-state index contributed by atoms with van der Waals surface area (Å²) in [6.07, 6.45) is 2.74. The number of likely N-dealkylation sites (tertiary alicyclic amines) is 1. The molecular weight excluding hydrogens is 272 g/mol. The number of hydrogen-bond donors (Lipinski definition) is 1. The van der Waals surface area contributed by atoms with Gasteiger partial charge in [0, 0.05) is 11.4 Å². The van der Waals surface area contributed by atoms with Gasteiger partial charge in [0.25, 0.3) is 0 Å². The monoisotopic (exact) mass is 292 g/mol. The Morgan fingerprint density at radius 2 is 2.10 bits per heavy atom. The predicted molar refractivity (Wildman–Crippen MR) is 80.8 cm³/mol. The zero-order valence-electron chi connectivity index (χ0n) is 12.1. The maximum atomic E-state index is 9.95. The van der Waals surface area contributed by atoms with E-state index in [1.54, 1.807) is 18.2 Å². The molecule has 0 spiro atoms. The normalized spacial score (nSPS) is 20.3. The molecule has 0 saturated carbocycles. The third kappa shape index (κ3) is 3.26. The minimum absolute atomic E-state index is 0.209. The smallest absolute Gasteiger partial charge is 0.118 e. The van der Waals surface area contributed by atoms with Gasteiger partial charge < -0.3 is 5.11 Å². The van der Waals surface area contributed by atoms with E-state index in [9.17, 15) is 10.4 Å². The summed E-state index contributed by atoms with van der Waals surface area (Å²) < 4.78 is 0. The van der Waals surface area contributed by atoms with Gasteiger partial charge in [0.05, 0.1) is 6.07 Å². The number of halogens is 1. The van der Waals surface area contributed by atoms with Crippen molar-refractivity contribution in [3.8, 4) is 11.8 Å². The first-order valence-corrected chi connectivity index (χ1v) is 7.46. The van der Waals surface area contributed by atoms with Crippen molar-refractivity contribution in [3.63, 3.8) is 0 Å². The van der Waals surface area contributed by atoms with Crippen LogP contribution < -0.4 is 0 Å². The molecule has 108 valence electrons. The highest BCUT2D eigenvalue weighted by molar-refractivity contribution is 6.30. The number of phenolic OH excluding ortho intramolecular Hbond substituents is 1. The molecule has 1 fully saturated rings. The summed E-state index contributed by atoms with van der Waals surface area (Å²) in [7, 11) is 0. The molecule has 0 bridgehead atoms. The van der Waals surface area contributed by atoms with Gasteiger partial charge in [-0.25, -0.2) is 0 Å². The molecule has 0 aliphatic carbocycles. The highest BCUT2D eigenvalue weighted by Crippen LogP contribution is 2.30. The Labute approximate surface area is 125 Å². The number of nitrogens with zero attached hydrogens (tertiary/aromatic N) is 2. The van der Waals surface area contributed by atoms with E-state index in [-0.39, 0.29) is 5.75 Å². The molecule has 3 nitrogen and oxygen atoms in total. The first kappa shape index (κ1) is 15.2. The van der Waals surface area contributed by atoms with Crippen LogP contribution in [-0.4, -0.2) is 28.6 Å². The van der Waals surface area contributed by atoms with Crippen molar-refractivity contribution in [2.45, 2.75) is 38.6 Å². The van der Waals surface area contributed by atoms with Gasteiger partial charge in [-0.1, -0.05) is 18.5 Å². The van der Waals surface area contributed by atoms with Crippen LogP contribution in [0.3, 0.4) is 0 Å². The summed E-state index contributed by atoms with van der Waals surface area (Å²) in [6.45, 7) is 6.08. The van der Waals surface area contributed by atoms with E-state index in [1.807, 2.05) is 6.92 Å². The van der Waals surface area contributed by atoms with Crippen molar-refractivity contribution < 1.29 is 5.11 Å². The highest BCUT2D eigenvalue weighted by atomic mass is 35.5. The lowest BCUT2D eigenvalue weighted by Crippen LogP contribution is -2.50. The molecule has 0 amide bonds. The zero-order valence-corrected chi connectivity index (χ0v) is 12.8. The van der Waals surface area contributed by atoms with Crippen molar-refractivity contribution in [2.75, 3.05) is 13.1 Å². The quantitative estimate of drug-likeness (QED) is 0.926. The second kappa shape index (κ2) is 6.03. The van der Waals surface area contributed by atoms with Crippen LogP contribution >= 0.6 is 11.6 Å². The molecule has 20 heavy (non-hydrogen) atoms. The lowest BCUT2D eigenvalue weighted by Gasteiger charge is -2.40. The standard InChI is InChI=1S/C16H21ClN2O/c1-12-5-7-19(8-6-12)16(2,11-18)10-13-9-14(17)3-4-15(13)20/h3-4,9,12,20H,5-8,10H2,1-2H3. The van der Waals surface area contributed by atoms with Crippen LogP contribution in [0, 0.1) is 17.2 Å². The molecule has 0 radical (unpaired) electrons. The molecule has 1 aliphatic rings. The van der Waals surface area contributed by atoms with E-state index in [1.165, 1.54) is 0 Å². The fourth-order valence-corrected chi connectivity index (χ4v) is 2.99. The van der Waals surface area contributed by atoms with Crippen LogP contribution in [0.25, 0.3) is 0 Å². The summed E-state index contributed by atoms with van der Waals surface area (Å²) in [6, 6.07) is 7.43. The number of piperidine rings is 1. The summed E-state index contributed by atoms with van der Waals surface area (Å²) >= 11 is 5.99. The minimum Gasteiger partial charge on any atom is -0.508 e. The molecule has 1 N–H and O–H groups in total. The van der Waals surface area contributed by atoms with Crippen molar-refractivity contribution in [3.05, 3.63) is 28.8 Å². The molecule has 4 heteroatoms. The highest BCUT2D eigenvalue weighted by Gasteiger charge is 2.34. The van der Waals surface area contributed by atoms with Gasteiger partial charge in [-0.2, -0.15) is 5.26 Å². The van der Waals surface area contributed by atoms with Crippen LogP contribution in [0.2, 0.25) is 5.02 Å². The van der Waals surface area contributed by atoms with Gasteiger partial charge in [0.15, 0.2) is 0 Å². The molecular formula is C16H21ClN2O. The lowest BCUT2D eigenvalue weighted by molar-refractivity contribution is 0.103. The second-order valence-corrected chi connectivity index (χ2v) is 6.44. The van der Waals surface area contributed by atoms with Crippen molar-refractivity contribution in [1.82, 2.24) is 4.90 Å². The third-order valence-electron chi connectivity index (χ3n) is 4.30. The predicted octanol–water partition coefficient (Wildman–Crippen LogP) is 3.60. The second-order valence-electron chi connectivity index (χ2n) is 6.01. The van der Waals surface area contributed by atoms with Gasteiger partial charge in [-0.3, -0.25) is 4.90 Å². The van der Waals surface area contributed by atoms with E-state index in [0.717, 1.165) is 37.4 Å². The summed E-state index contributed by atoms with van der Waals surface area (Å²) in [5.74, 6) is 0.940. The number of phenols is 1. The average molecular weight is 293 g/mol. The number of benzene rings is 1. The Hall–Kier alpha value is -1.24. The Morgan fingerprint density at radius 1 is 1.45 bits per heavy atom. The van der Waals surface area contributed by atoms with Crippen LogP contribution in [-0.2, 0) is 6.42 Å². The van der Waals surface area contributed by atoms with E-state index in [0.29, 0.717) is 11.4 Å². The molecule has 1 aromatic carbocycles.